The van der Waals surface area contributed by atoms with Crippen LogP contribution in [0.2, 0.25) is 5.02 Å². The Morgan fingerprint density at radius 1 is 1.11 bits per heavy atom. The molecule has 1 unspecified atom stereocenters. The van der Waals surface area contributed by atoms with Gasteiger partial charge >= 0.3 is 0 Å². The molecule has 0 amide bonds. The summed E-state index contributed by atoms with van der Waals surface area (Å²) in [4.78, 5) is 22.4. The van der Waals surface area contributed by atoms with Crippen LogP contribution in [0.3, 0.4) is 0 Å². The highest BCUT2D eigenvalue weighted by molar-refractivity contribution is 7.90. The topological polar surface area (TPSA) is 120 Å². The van der Waals surface area contributed by atoms with Crippen LogP contribution in [0, 0.1) is 12.1 Å². The molecule has 5 rings (SSSR count). The highest BCUT2D eigenvalue weighted by Crippen LogP contribution is 2.32. The van der Waals surface area contributed by atoms with E-state index in [-0.39, 0.29) is 21.4 Å². The molecule has 3 N–H and O–H groups in total. The second kappa shape index (κ2) is 9.82. The van der Waals surface area contributed by atoms with Crippen LogP contribution in [-0.2, 0) is 9.84 Å². The lowest BCUT2D eigenvalue weighted by Gasteiger charge is -2.22. The first kappa shape index (κ1) is 25.3. The van der Waals surface area contributed by atoms with Gasteiger partial charge in [0.1, 0.15) is 10.8 Å². The largest absolute Gasteiger partial charge is 0.368 e. The fraction of sp³-hybridized carbons (Fsp3) is 0.107. The molecule has 190 valence electrons. The molecule has 5 aromatic rings. The second-order valence-corrected chi connectivity index (χ2v) is 11.2. The summed E-state index contributed by atoms with van der Waals surface area (Å²) in [6.45, 7) is 1.88. The molecule has 0 fully saturated rings. The minimum absolute atomic E-state index is 0.0404. The lowest BCUT2D eigenvalue weighted by atomic mass is 10.1. The molecule has 0 radical (unpaired) electrons. The average Bonchev–Trinajstić information content (AvgIpc) is 2.88. The van der Waals surface area contributed by atoms with Gasteiger partial charge in [-0.3, -0.25) is 9.36 Å². The van der Waals surface area contributed by atoms with Crippen LogP contribution in [0.25, 0.3) is 27.6 Å². The fourth-order valence-corrected chi connectivity index (χ4v) is 5.19. The van der Waals surface area contributed by atoms with Crippen LogP contribution in [-0.4, -0.2) is 29.2 Å². The van der Waals surface area contributed by atoms with Crippen molar-refractivity contribution in [2.75, 3.05) is 17.3 Å². The van der Waals surface area contributed by atoms with Crippen molar-refractivity contribution in [2.24, 2.45) is 0 Å². The van der Waals surface area contributed by atoms with Gasteiger partial charge in [0.15, 0.2) is 9.84 Å². The Hall–Kier alpha value is -4.39. The Bertz CT molecular complexity index is 1840. The minimum atomic E-state index is -3.43. The van der Waals surface area contributed by atoms with Gasteiger partial charge in [-0.1, -0.05) is 48.0 Å². The molecule has 0 aliphatic carbocycles. The van der Waals surface area contributed by atoms with E-state index in [0.29, 0.717) is 39.1 Å². The maximum Gasteiger partial charge on any atom is 0.265 e. The summed E-state index contributed by atoms with van der Waals surface area (Å²) in [6.07, 6.45) is 2.69. The first-order valence-corrected chi connectivity index (χ1v) is 13.8. The van der Waals surface area contributed by atoms with E-state index in [1.54, 1.807) is 28.8 Å². The summed E-state index contributed by atoms with van der Waals surface area (Å²) in [6, 6.07) is 24.4. The van der Waals surface area contributed by atoms with Gasteiger partial charge in [0.05, 0.1) is 16.3 Å². The molecule has 0 saturated carbocycles. The van der Waals surface area contributed by atoms with E-state index in [1.807, 2.05) is 43.3 Å². The van der Waals surface area contributed by atoms with Crippen molar-refractivity contribution in [1.82, 2.24) is 14.5 Å². The predicted molar refractivity (Wildman–Crippen MR) is 149 cm³/mol. The number of hydrogen-bond donors (Lipinski definition) is 2. The second-order valence-electron chi connectivity index (χ2n) is 8.76. The van der Waals surface area contributed by atoms with Crippen molar-refractivity contribution in [1.29, 1.82) is 0 Å². The molecule has 8 nitrogen and oxygen atoms in total. The smallest absolute Gasteiger partial charge is 0.265 e. The van der Waals surface area contributed by atoms with E-state index in [4.69, 9.17) is 17.3 Å². The fourth-order valence-electron chi connectivity index (χ4n) is 4.27. The van der Waals surface area contributed by atoms with Crippen LogP contribution in [0.4, 0.5) is 11.8 Å². The molecule has 2 aromatic heterocycles. The monoisotopic (exact) mass is 543 g/mol. The zero-order chi connectivity index (χ0) is 27.0. The van der Waals surface area contributed by atoms with Crippen molar-refractivity contribution < 1.29 is 8.42 Å². The summed E-state index contributed by atoms with van der Waals surface area (Å²) >= 11 is 6.34. The van der Waals surface area contributed by atoms with E-state index < -0.39 is 15.9 Å². The number of nitrogens with zero attached hydrogens (tertiary/aromatic N) is 3. The molecule has 2 heterocycles. The van der Waals surface area contributed by atoms with Crippen molar-refractivity contribution in [2.45, 2.75) is 17.9 Å². The van der Waals surface area contributed by atoms with Gasteiger partial charge < -0.3 is 11.1 Å². The molecular weight excluding hydrogens is 522 g/mol. The number of anilines is 2. The maximum absolute atomic E-state index is 13.7. The Kier molecular flexibility index (Phi) is 6.53. The number of benzene rings is 2. The minimum Gasteiger partial charge on any atom is -0.368 e. The molecule has 0 aliphatic rings. The van der Waals surface area contributed by atoms with Gasteiger partial charge in [0, 0.05) is 29.4 Å². The number of aromatic nitrogens is 3. The summed E-state index contributed by atoms with van der Waals surface area (Å²) in [5, 5.41) is 4.51. The zero-order valence-electron chi connectivity index (χ0n) is 20.4. The van der Waals surface area contributed by atoms with Gasteiger partial charge in [-0.2, -0.15) is 4.98 Å². The van der Waals surface area contributed by atoms with E-state index in [9.17, 15) is 13.2 Å². The molecule has 10 heteroatoms. The summed E-state index contributed by atoms with van der Waals surface area (Å²) < 4.78 is 25.9. The molecular formula is C28H22ClN5O3S. The number of fused-ring (bicyclic) bond motifs is 1. The third kappa shape index (κ3) is 4.79. The Morgan fingerprint density at radius 2 is 1.87 bits per heavy atom. The molecule has 0 spiro atoms. The number of hydrogen-bond acceptors (Lipinski definition) is 7. The number of nitrogens with one attached hydrogen (secondary N) is 1. The number of halogens is 1. The van der Waals surface area contributed by atoms with Crippen molar-refractivity contribution >= 4 is 44.0 Å². The summed E-state index contributed by atoms with van der Waals surface area (Å²) in [5.74, 6) is 0.424. The number of nitrogens with two attached hydrogens (primary N) is 1. The normalized spacial score (nSPS) is 12.2. The highest BCUT2D eigenvalue weighted by atomic mass is 35.5. The number of pyridine rings is 1. The van der Waals surface area contributed by atoms with Crippen LogP contribution < -0.4 is 16.6 Å². The Morgan fingerprint density at radius 3 is 2.61 bits per heavy atom. The SMILES string of the molecule is CC(Nc1nc(N)ncc1-c1cccc(S(C)(=O)=O)c1)c1cc2cc#cc(Cl)c2c(=O)n1-c1ccccc1. The number of sulfone groups is 1. The van der Waals surface area contributed by atoms with Gasteiger partial charge in [-0.25, -0.2) is 13.4 Å². The van der Waals surface area contributed by atoms with Gasteiger partial charge in [0.2, 0.25) is 5.95 Å². The van der Waals surface area contributed by atoms with Crippen molar-refractivity contribution in [3.05, 3.63) is 106 Å². The molecule has 38 heavy (non-hydrogen) atoms. The highest BCUT2D eigenvalue weighted by Gasteiger charge is 2.20. The molecule has 0 saturated heterocycles. The maximum atomic E-state index is 13.7. The first-order chi connectivity index (χ1) is 18.1. The van der Waals surface area contributed by atoms with Gasteiger partial charge in [-0.15, -0.1) is 0 Å². The van der Waals surface area contributed by atoms with Crippen molar-refractivity contribution in [3.8, 4) is 16.8 Å². The molecule has 0 bridgehead atoms. The Labute approximate surface area is 224 Å². The summed E-state index contributed by atoms with van der Waals surface area (Å²) in [5.41, 5.74) is 8.07. The third-order valence-corrected chi connectivity index (χ3v) is 7.48. The van der Waals surface area contributed by atoms with Crippen LogP contribution >= 0.6 is 11.6 Å². The summed E-state index contributed by atoms with van der Waals surface area (Å²) in [7, 11) is -3.43. The molecule has 0 aliphatic heterocycles. The predicted octanol–water partition coefficient (Wildman–Crippen LogP) is 4.86. The van der Waals surface area contributed by atoms with E-state index in [2.05, 4.69) is 27.4 Å². The standard InChI is InChI=1S/C28H22ClN5O3S/c1-17(32-26-22(16-31-28(30)33-26)18-8-6-12-21(14-18)38(2,36)37)24-15-19-9-7-13-23(29)25(19)27(35)34(24)20-10-4-3-5-11-20/h3-6,8-12,14-17H,1-2H3,(H3,30,31,32,33). The quantitative estimate of drug-likeness (QED) is 0.314. The first-order valence-electron chi connectivity index (χ1n) is 11.6. The van der Waals surface area contributed by atoms with Crippen LogP contribution in [0.15, 0.2) is 82.6 Å². The third-order valence-electron chi connectivity index (χ3n) is 6.09. The van der Waals surface area contributed by atoms with Crippen molar-refractivity contribution in [3.63, 3.8) is 0 Å². The van der Waals surface area contributed by atoms with E-state index >= 15 is 0 Å². The van der Waals surface area contributed by atoms with Crippen LogP contribution in [0.1, 0.15) is 18.7 Å². The number of rotatable bonds is 6. The Balaban J connectivity index is 1.66. The molecule has 3 aromatic carbocycles. The molecule has 1 atom stereocenters. The van der Waals surface area contributed by atoms with Gasteiger partial charge in [-0.05, 0) is 60.3 Å². The van der Waals surface area contributed by atoms with Crippen LogP contribution in [0.5, 0.6) is 0 Å². The average molecular weight is 544 g/mol. The lowest BCUT2D eigenvalue weighted by molar-refractivity contribution is 0.602. The number of nitrogen functional groups attached to an aromatic ring is 1. The lowest BCUT2D eigenvalue weighted by Crippen LogP contribution is -2.26. The van der Waals surface area contributed by atoms with Gasteiger partial charge in [0.25, 0.3) is 5.56 Å². The zero-order valence-corrected chi connectivity index (χ0v) is 22.0. The van der Waals surface area contributed by atoms with E-state index in [0.717, 1.165) is 6.26 Å². The number of para-hydroxylation sites is 1. The van der Waals surface area contributed by atoms with E-state index in [1.165, 1.54) is 12.3 Å².